The lowest BCUT2D eigenvalue weighted by Gasteiger charge is -2.34. The molecule has 2 heterocycles. The summed E-state index contributed by atoms with van der Waals surface area (Å²) in [5.74, 6) is -0.640. The number of amides is 1. The maximum Gasteiger partial charge on any atom is 0.222 e. The summed E-state index contributed by atoms with van der Waals surface area (Å²) in [5.41, 5.74) is 3.49. The molecule has 0 bridgehead atoms. The van der Waals surface area contributed by atoms with Crippen LogP contribution < -0.4 is 4.90 Å². The predicted octanol–water partition coefficient (Wildman–Crippen LogP) is 3.95. The van der Waals surface area contributed by atoms with E-state index in [1.807, 2.05) is 0 Å². The smallest absolute Gasteiger partial charge is 0.222 e. The van der Waals surface area contributed by atoms with Crippen LogP contribution in [0.5, 0.6) is 0 Å². The van der Waals surface area contributed by atoms with Gasteiger partial charge in [-0.15, -0.1) is 0 Å². The summed E-state index contributed by atoms with van der Waals surface area (Å²) in [4.78, 5) is 21.4. The zero-order valence-electron chi connectivity index (χ0n) is 18.2. The number of benzene rings is 2. The fraction of sp³-hybridized carbons (Fsp3) is 0.391. The molecule has 2 aromatic carbocycles. The Morgan fingerprint density at radius 2 is 1.72 bits per heavy atom. The van der Waals surface area contributed by atoms with Crippen molar-refractivity contribution in [2.45, 2.75) is 31.6 Å². The molecule has 1 aliphatic rings. The van der Waals surface area contributed by atoms with Crippen LogP contribution in [-0.4, -0.2) is 56.1 Å². The monoisotopic (exact) mass is 475 g/mol. The first-order valence-corrected chi connectivity index (χ1v) is 13.1. The van der Waals surface area contributed by atoms with E-state index in [1.165, 1.54) is 28.0 Å². The van der Waals surface area contributed by atoms with Gasteiger partial charge >= 0.3 is 0 Å². The highest BCUT2D eigenvalue weighted by Crippen LogP contribution is 2.31. The van der Waals surface area contributed by atoms with Crippen LogP contribution in [0, 0.1) is 19.7 Å². The van der Waals surface area contributed by atoms with Crippen LogP contribution in [0.2, 0.25) is 0 Å². The lowest BCUT2D eigenvalue weighted by molar-refractivity contribution is -0.131. The number of hydrogen-bond donors (Lipinski definition) is 0. The Morgan fingerprint density at radius 3 is 2.41 bits per heavy atom. The first-order chi connectivity index (χ1) is 15.2. The molecule has 1 amide bonds. The summed E-state index contributed by atoms with van der Waals surface area (Å²) in [7, 11) is -3.52. The van der Waals surface area contributed by atoms with E-state index >= 15 is 0 Å². The zero-order valence-corrected chi connectivity index (χ0v) is 19.8. The Balaban J connectivity index is 1.28. The van der Waals surface area contributed by atoms with Gasteiger partial charge in [0.15, 0.2) is 15.0 Å². The molecule has 0 radical (unpaired) electrons. The molecule has 0 saturated carbocycles. The predicted molar refractivity (Wildman–Crippen MR) is 126 cm³/mol. The number of aromatic nitrogens is 1. The average Bonchev–Trinajstić information content (AvgIpc) is 3.17. The molecule has 1 aromatic heterocycles. The fourth-order valence-electron chi connectivity index (χ4n) is 3.78. The van der Waals surface area contributed by atoms with Crippen molar-refractivity contribution < 1.29 is 17.6 Å². The quantitative estimate of drug-likeness (QED) is 0.505. The third-order valence-corrected chi connectivity index (χ3v) is 8.77. The topological polar surface area (TPSA) is 70.6 Å². The van der Waals surface area contributed by atoms with Crippen LogP contribution in [0.4, 0.5) is 9.52 Å². The van der Waals surface area contributed by atoms with Crippen LogP contribution >= 0.6 is 11.3 Å². The molecule has 1 aliphatic heterocycles. The van der Waals surface area contributed by atoms with Gasteiger partial charge in [-0.2, -0.15) is 0 Å². The van der Waals surface area contributed by atoms with Crippen molar-refractivity contribution in [1.29, 1.82) is 0 Å². The Hall–Kier alpha value is -2.52. The largest absolute Gasteiger partial charge is 0.345 e. The van der Waals surface area contributed by atoms with E-state index in [-0.39, 0.29) is 29.4 Å². The molecule has 3 aromatic rings. The SMILES string of the molecule is Cc1cc2nc(N3CCN(C(=O)CCCS(=O)(=O)c4ccc(F)cc4)CC3)sc2cc1C. The zero-order chi connectivity index (χ0) is 22.9. The van der Waals surface area contributed by atoms with E-state index in [0.29, 0.717) is 26.2 Å². The Kier molecular flexibility index (Phi) is 6.48. The number of aryl methyl sites for hydroxylation is 2. The number of carbonyl (C=O) groups is 1. The average molecular weight is 476 g/mol. The Bertz CT molecular complexity index is 1190. The van der Waals surface area contributed by atoms with Crippen molar-refractivity contribution >= 4 is 42.4 Å². The lowest BCUT2D eigenvalue weighted by atomic mass is 10.1. The van der Waals surface area contributed by atoms with E-state index in [0.717, 1.165) is 22.8 Å². The van der Waals surface area contributed by atoms with E-state index in [1.54, 1.807) is 16.2 Å². The molecule has 0 spiro atoms. The number of halogens is 1. The highest BCUT2D eigenvalue weighted by Gasteiger charge is 2.24. The van der Waals surface area contributed by atoms with Gasteiger partial charge in [0.2, 0.25) is 5.91 Å². The van der Waals surface area contributed by atoms with Crippen LogP contribution in [0.3, 0.4) is 0 Å². The molecule has 0 N–H and O–H groups in total. The minimum atomic E-state index is -3.52. The molecule has 1 saturated heterocycles. The van der Waals surface area contributed by atoms with E-state index in [9.17, 15) is 17.6 Å². The molecule has 6 nitrogen and oxygen atoms in total. The third-order valence-electron chi connectivity index (χ3n) is 5.87. The molecule has 0 unspecified atom stereocenters. The number of fused-ring (bicyclic) bond motifs is 1. The molecule has 4 rings (SSSR count). The van der Waals surface area contributed by atoms with Crippen molar-refractivity contribution in [2.24, 2.45) is 0 Å². The second kappa shape index (κ2) is 9.15. The van der Waals surface area contributed by atoms with Gasteiger partial charge in [-0.3, -0.25) is 4.79 Å². The summed E-state index contributed by atoms with van der Waals surface area (Å²) in [6.45, 7) is 6.79. The molecule has 0 atom stereocenters. The maximum atomic E-state index is 13.0. The van der Waals surface area contributed by atoms with Crippen LogP contribution in [0.1, 0.15) is 24.0 Å². The number of sulfone groups is 1. The van der Waals surface area contributed by atoms with Gasteiger partial charge in [0.1, 0.15) is 5.82 Å². The molecule has 1 fully saturated rings. The highest BCUT2D eigenvalue weighted by molar-refractivity contribution is 7.91. The summed E-state index contributed by atoms with van der Waals surface area (Å²) in [5, 5.41) is 0.975. The van der Waals surface area contributed by atoms with Gasteiger partial charge in [0.25, 0.3) is 0 Å². The second-order valence-corrected chi connectivity index (χ2v) is 11.3. The van der Waals surface area contributed by atoms with Crippen LogP contribution in [0.25, 0.3) is 10.2 Å². The fourth-order valence-corrected chi connectivity index (χ4v) is 6.19. The number of piperazine rings is 1. The van der Waals surface area contributed by atoms with Crippen LogP contribution in [0.15, 0.2) is 41.3 Å². The number of anilines is 1. The van der Waals surface area contributed by atoms with Crippen LogP contribution in [-0.2, 0) is 14.6 Å². The van der Waals surface area contributed by atoms with E-state index < -0.39 is 15.7 Å². The summed E-state index contributed by atoms with van der Waals surface area (Å²) < 4.78 is 38.9. The Morgan fingerprint density at radius 1 is 1.06 bits per heavy atom. The minimum absolute atomic E-state index is 0.0329. The standard InChI is InChI=1S/C23H26FN3O3S2/c1-16-14-20-21(15-17(16)2)31-23(25-20)27-11-9-26(10-12-27)22(28)4-3-13-32(29,30)19-7-5-18(24)6-8-19/h5-8,14-15H,3-4,9-13H2,1-2H3. The van der Waals surface area contributed by atoms with Crippen molar-refractivity contribution in [3.05, 3.63) is 53.3 Å². The normalized spacial score (nSPS) is 14.8. The molecular weight excluding hydrogens is 449 g/mol. The molecular formula is C23H26FN3O3S2. The van der Waals surface area contributed by atoms with Gasteiger partial charge in [0.05, 0.1) is 20.9 Å². The van der Waals surface area contributed by atoms with Crippen molar-refractivity contribution in [3.8, 4) is 0 Å². The summed E-state index contributed by atoms with van der Waals surface area (Å²) in [6, 6.07) is 9.07. The molecule has 32 heavy (non-hydrogen) atoms. The molecule has 9 heteroatoms. The number of carbonyl (C=O) groups excluding carboxylic acids is 1. The van der Waals surface area contributed by atoms with Gasteiger partial charge < -0.3 is 9.80 Å². The van der Waals surface area contributed by atoms with Gasteiger partial charge in [-0.25, -0.2) is 17.8 Å². The highest BCUT2D eigenvalue weighted by atomic mass is 32.2. The Labute approximate surface area is 191 Å². The minimum Gasteiger partial charge on any atom is -0.345 e. The second-order valence-electron chi connectivity index (χ2n) is 8.14. The first kappa shape index (κ1) is 22.7. The lowest BCUT2D eigenvalue weighted by Crippen LogP contribution is -2.48. The van der Waals surface area contributed by atoms with Gasteiger partial charge in [-0.1, -0.05) is 11.3 Å². The first-order valence-electron chi connectivity index (χ1n) is 10.6. The van der Waals surface area contributed by atoms with Gasteiger partial charge in [0, 0.05) is 32.6 Å². The number of hydrogen-bond acceptors (Lipinski definition) is 6. The van der Waals surface area contributed by atoms with E-state index in [2.05, 4.69) is 30.9 Å². The number of rotatable bonds is 6. The number of nitrogens with zero attached hydrogens (tertiary/aromatic N) is 3. The number of thiazole rings is 1. The van der Waals surface area contributed by atoms with Crippen molar-refractivity contribution in [3.63, 3.8) is 0 Å². The molecule has 170 valence electrons. The van der Waals surface area contributed by atoms with E-state index in [4.69, 9.17) is 4.98 Å². The third kappa shape index (κ3) is 4.94. The summed E-state index contributed by atoms with van der Waals surface area (Å²) in [6.07, 6.45) is 0.426. The van der Waals surface area contributed by atoms with Crippen molar-refractivity contribution in [2.75, 3.05) is 36.8 Å². The summed E-state index contributed by atoms with van der Waals surface area (Å²) >= 11 is 1.67. The maximum absolute atomic E-state index is 13.0. The molecule has 0 aliphatic carbocycles. The van der Waals surface area contributed by atoms with Crippen molar-refractivity contribution in [1.82, 2.24) is 9.88 Å². The van der Waals surface area contributed by atoms with Gasteiger partial charge in [-0.05, 0) is 67.8 Å².